The van der Waals surface area contributed by atoms with E-state index >= 15 is 0 Å². The first kappa shape index (κ1) is 10.0. The molecule has 0 amide bonds. The average Bonchev–Trinajstić information content (AvgIpc) is 2.04. The number of ether oxygens (including phenoxy) is 1. The average molecular weight is 201 g/mol. The zero-order valence-corrected chi connectivity index (χ0v) is 7.87. The zero-order valence-electron chi connectivity index (χ0n) is 7.06. The summed E-state index contributed by atoms with van der Waals surface area (Å²) in [6, 6.07) is 5.36. The van der Waals surface area contributed by atoms with Gasteiger partial charge in [0.05, 0.1) is 11.5 Å². The third-order valence-corrected chi connectivity index (χ3v) is 2.27. The van der Waals surface area contributed by atoms with E-state index in [0.29, 0.717) is 12.4 Å². The van der Waals surface area contributed by atoms with Crippen molar-refractivity contribution in [1.29, 1.82) is 0 Å². The van der Waals surface area contributed by atoms with E-state index in [9.17, 15) is 13.0 Å². The van der Waals surface area contributed by atoms with Crippen LogP contribution in [0.15, 0.2) is 29.2 Å². The molecule has 0 unspecified atom stereocenters. The van der Waals surface area contributed by atoms with E-state index in [2.05, 4.69) is 0 Å². The molecule has 0 aliphatic rings. The molecule has 13 heavy (non-hydrogen) atoms. The van der Waals surface area contributed by atoms with Crippen LogP contribution >= 0.6 is 0 Å². The van der Waals surface area contributed by atoms with Crippen LogP contribution < -0.4 is 4.74 Å². The van der Waals surface area contributed by atoms with E-state index in [1.807, 2.05) is 6.92 Å². The standard InChI is InChI=1S/C8H10O4S/c1-2-12-7-3-5-8(6-4-7)13(9,10)11/h3-6H,2H2,1H3,(H,9,10,11)/p-1. The van der Waals surface area contributed by atoms with Gasteiger partial charge < -0.3 is 9.29 Å². The number of hydrogen-bond donors (Lipinski definition) is 0. The highest BCUT2D eigenvalue weighted by atomic mass is 32.2. The molecule has 0 fully saturated rings. The maximum Gasteiger partial charge on any atom is 0.124 e. The monoisotopic (exact) mass is 201 g/mol. The topological polar surface area (TPSA) is 66.4 Å². The molecule has 0 radical (unpaired) electrons. The molecule has 5 heteroatoms. The molecule has 0 aliphatic carbocycles. The van der Waals surface area contributed by atoms with Crippen LogP contribution in [0, 0.1) is 0 Å². The van der Waals surface area contributed by atoms with Crippen molar-refractivity contribution >= 4 is 10.1 Å². The van der Waals surface area contributed by atoms with Crippen LogP contribution in [0.25, 0.3) is 0 Å². The van der Waals surface area contributed by atoms with Gasteiger partial charge >= 0.3 is 0 Å². The Labute approximate surface area is 76.9 Å². The predicted octanol–water partition coefficient (Wildman–Crippen LogP) is 0.989. The van der Waals surface area contributed by atoms with E-state index in [0.717, 1.165) is 0 Å². The van der Waals surface area contributed by atoms with Crippen LogP contribution in [0.3, 0.4) is 0 Å². The van der Waals surface area contributed by atoms with E-state index in [1.54, 1.807) is 0 Å². The highest BCUT2D eigenvalue weighted by molar-refractivity contribution is 7.85. The molecular formula is C8H9O4S-. The molecule has 1 aromatic carbocycles. The van der Waals surface area contributed by atoms with Gasteiger partial charge in [-0.2, -0.15) is 0 Å². The second-order valence-corrected chi connectivity index (χ2v) is 3.74. The second kappa shape index (κ2) is 3.76. The van der Waals surface area contributed by atoms with Crippen molar-refractivity contribution in [3.05, 3.63) is 24.3 Å². The first-order valence-electron chi connectivity index (χ1n) is 3.73. The highest BCUT2D eigenvalue weighted by Gasteiger charge is 2.00. The van der Waals surface area contributed by atoms with Gasteiger partial charge in [-0.1, -0.05) is 0 Å². The lowest BCUT2D eigenvalue weighted by Crippen LogP contribution is -1.98. The fourth-order valence-corrected chi connectivity index (χ4v) is 1.34. The Hall–Kier alpha value is -1.07. The molecule has 1 aromatic rings. The van der Waals surface area contributed by atoms with Crippen molar-refractivity contribution < 1.29 is 17.7 Å². The molecule has 0 heterocycles. The Morgan fingerprint density at radius 2 is 1.85 bits per heavy atom. The molecule has 0 saturated heterocycles. The SMILES string of the molecule is CCOc1ccc(S(=O)(=O)[O-])cc1. The summed E-state index contributed by atoms with van der Waals surface area (Å²) in [4.78, 5) is -0.240. The first-order chi connectivity index (χ1) is 6.04. The van der Waals surface area contributed by atoms with Gasteiger partial charge in [0, 0.05) is 0 Å². The maximum atomic E-state index is 10.5. The normalized spacial score (nSPS) is 11.2. The smallest absolute Gasteiger partial charge is 0.124 e. The summed E-state index contributed by atoms with van der Waals surface area (Å²) < 4.78 is 36.6. The second-order valence-electron chi connectivity index (χ2n) is 2.36. The molecular weight excluding hydrogens is 192 g/mol. The van der Waals surface area contributed by atoms with Gasteiger partial charge in [0.15, 0.2) is 0 Å². The third kappa shape index (κ3) is 2.71. The van der Waals surface area contributed by atoms with Gasteiger partial charge in [0.25, 0.3) is 0 Å². The molecule has 0 spiro atoms. The van der Waals surface area contributed by atoms with Gasteiger partial charge in [-0.15, -0.1) is 0 Å². The Morgan fingerprint density at radius 3 is 2.23 bits per heavy atom. The largest absolute Gasteiger partial charge is 0.744 e. The summed E-state index contributed by atoms with van der Waals surface area (Å²) >= 11 is 0. The van der Waals surface area contributed by atoms with Crippen LogP contribution in [-0.2, 0) is 10.1 Å². The molecule has 0 saturated carbocycles. The Kier molecular flexibility index (Phi) is 2.90. The Morgan fingerprint density at radius 1 is 1.31 bits per heavy atom. The van der Waals surface area contributed by atoms with Crippen LogP contribution in [0.5, 0.6) is 5.75 Å². The lowest BCUT2D eigenvalue weighted by atomic mass is 10.3. The molecule has 4 nitrogen and oxygen atoms in total. The van der Waals surface area contributed by atoms with Crippen molar-refractivity contribution in [2.24, 2.45) is 0 Å². The molecule has 0 N–H and O–H groups in total. The van der Waals surface area contributed by atoms with Gasteiger partial charge in [-0.05, 0) is 31.2 Å². The third-order valence-electron chi connectivity index (χ3n) is 1.42. The lowest BCUT2D eigenvalue weighted by molar-refractivity contribution is 0.340. The van der Waals surface area contributed by atoms with Gasteiger partial charge in [-0.25, -0.2) is 8.42 Å². The van der Waals surface area contributed by atoms with Crippen LogP contribution in [0.1, 0.15) is 6.92 Å². The maximum absolute atomic E-state index is 10.5. The van der Waals surface area contributed by atoms with E-state index in [-0.39, 0.29) is 4.90 Å². The van der Waals surface area contributed by atoms with Crippen molar-refractivity contribution in [1.82, 2.24) is 0 Å². The fourth-order valence-electron chi connectivity index (χ4n) is 0.869. The molecule has 0 aromatic heterocycles. The molecule has 0 atom stereocenters. The minimum absolute atomic E-state index is 0.240. The van der Waals surface area contributed by atoms with Crippen LogP contribution in [-0.4, -0.2) is 19.6 Å². The summed E-state index contributed by atoms with van der Waals surface area (Å²) in [6.45, 7) is 2.32. The predicted molar refractivity (Wildman–Crippen MR) is 45.6 cm³/mol. The minimum atomic E-state index is -4.34. The summed E-state index contributed by atoms with van der Waals surface area (Å²) in [5.41, 5.74) is 0. The van der Waals surface area contributed by atoms with Crippen molar-refractivity contribution in [3.63, 3.8) is 0 Å². The summed E-state index contributed by atoms with van der Waals surface area (Å²) in [7, 11) is -4.34. The quantitative estimate of drug-likeness (QED) is 0.684. The fraction of sp³-hybridized carbons (Fsp3) is 0.250. The first-order valence-corrected chi connectivity index (χ1v) is 5.13. The Bertz CT molecular complexity index is 366. The molecule has 0 bridgehead atoms. The molecule has 1 rings (SSSR count). The minimum Gasteiger partial charge on any atom is -0.744 e. The number of rotatable bonds is 3. The van der Waals surface area contributed by atoms with E-state index < -0.39 is 10.1 Å². The number of hydrogen-bond acceptors (Lipinski definition) is 4. The lowest BCUT2D eigenvalue weighted by Gasteiger charge is -2.07. The van der Waals surface area contributed by atoms with Crippen molar-refractivity contribution in [2.75, 3.05) is 6.61 Å². The van der Waals surface area contributed by atoms with Gasteiger partial charge in [0.2, 0.25) is 0 Å². The van der Waals surface area contributed by atoms with Gasteiger partial charge in [-0.3, -0.25) is 0 Å². The summed E-state index contributed by atoms with van der Waals surface area (Å²) in [5.74, 6) is 0.551. The van der Waals surface area contributed by atoms with Crippen molar-refractivity contribution in [3.8, 4) is 5.75 Å². The molecule has 72 valence electrons. The van der Waals surface area contributed by atoms with Crippen LogP contribution in [0.4, 0.5) is 0 Å². The van der Waals surface area contributed by atoms with E-state index in [1.165, 1.54) is 24.3 Å². The van der Waals surface area contributed by atoms with Gasteiger partial charge in [0.1, 0.15) is 15.9 Å². The molecule has 0 aliphatic heterocycles. The summed E-state index contributed by atoms with van der Waals surface area (Å²) in [6.07, 6.45) is 0. The van der Waals surface area contributed by atoms with Crippen molar-refractivity contribution in [2.45, 2.75) is 11.8 Å². The van der Waals surface area contributed by atoms with Crippen LogP contribution in [0.2, 0.25) is 0 Å². The summed E-state index contributed by atoms with van der Waals surface area (Å²) in [5, 5.41) is 0. The number of benzene rings is 1. The zero-order chi connectivity index (χ0) is 9.90. The highest BCUT2D eigenvalue weighted by Crippen LogP contribution is 2.15. The van der Waals surface area contributed by atoms with E-state index in [4.69, 9.17) is 4.74 Å². The Balaban J connectivity index is 2.94.